The van der Waals surface area contributed by atoms with Crippen molar-refractivity contribution in [2.75, 3.05) is 12.3 Å². The number of β-lactam (4-membered cyclic amide) rings is 1. The number of rotatable bonds is 6. The number of carboxylic acid groups (broad SMARTS) is 1. The number of carboxylic acids is 1. The number of nitrogens with zero attached hydrogens (tertiary/aromatic N) is 1. The molecule has 1 fully saturated rings. The van der Waals surface area contributed by atoms with Gasteiger partial charge in [0.2, 0.25) is 5.91 Å². The summed E-state index contributed by atoms with van der Waals surface area (Å²) in [6.45, 7) is 4.88. The summed E-state index contributed by atoms with van der Waals surface area (Å²) in [5, 5.41) is 11.7. The van der Waals surface area contributed by atoms with E-state index in [0.717, 1.165) is 4.90 Å². The standard InChI is InChI=1S/C17H22N2O7S/c1-17(2,3)26-16(23)18-12-9-19(14(12)20)13(15(21)22)10-27(24,25)11-7-5-4-6-8-11/h4-8,12-13H,9-10H2,1-3H3,(H,18,23)(H,21,22)/t12-,13?/m0/s1. The van der Waals surface area contributed by atoms with Gasteiger partial charge in [0.15, 0.2) is 9.84 Å². The monoisotopic (exact) mass is 398 g/mol. The number of hydrogen-bond acceptors (Lipinski definition) is 6. The second-order valence-electron chi connectivity index (χ2n) is 7.14. The average Bonchev–Trinajstić information content (AvgIpc) is 2.55. The zero-order valence-electron chi connectivity index (χ0n) is 15.2. The second-order valence-corrected chi connectivity index (χ2v) is 9.17. The van der Waals surface area contributed by atoms with Crippen LogP contribution >= 0.6 is 0 Å². The SMILES string of the molecule is CC(C)(C)OC(=O)N[C@H]1CN(C(CS(=O)(=O)c2ccccc2)C(=O)O)C1=O. The van der Waals surface area contributed by atoms with Gasteiger partial charge >= 0.3 is 12.1 Å². The van der Waals surface area contributed by atoms with Crippen LogP contribution in [0, 0.1) is 0 Å². The van der Waals surface area contributed by atoms with Crippen molar-refractivity contribution >= 4 is 27.8 Å². The zero-order chi connectivity index (χ0) is 20.4. The van der Waals surface area contributed by atoms with Gasteiger partial charge in [-0.3, -0.25) is 4.79 Å². The Kier molecular flexibility index (Phi) is 5.79. The molecule has 2 atom stereocenters. The Labute approximate surface area is 157 Å². The number of carbonyl (C=O) groups excluding carboxylic acids is 2. The van der Waals surface area contributed by atoms with E-state index in [1.807, 2.05) is 0 Å². The van der Waals surface area contributed by atoms with E-state index >= 15 is 0 Å². The van der Waals surface area contributed by atoms with Crippen molar-refractivity contribution in [3.05, 3.63) is 30.3 Å². The Morgan fingerprint density at radius 2 is 1.89 bits per heavy atom. The summed E-state index contributed by atoms with van der Waals surface area (Å²) in [7, 11) is -3.90. The van der Waals surface area contributed by atoms with E-state index in [0.29, 0.717) is 0 Å². The average molecular weight is 398 g/mol. The third kappa shape index (κ3) is 5.19. The Morgan fingerprint density at radius 3 is 2.37 bits per heavy atom. The highest BCUT2D eigenvalue weighted by Crippen LogP contribution is 2.20. The first-order chi connectivity index (χ1) is 12.4. The first-order valence-corrected chi connectivity index (χ1v) is 9.86. The molecule has 27 heavy (non-hydrogen) atoms. The molecule has 1 aromatic rings. The number of amides is 2. The van der Waals surface area contributed by atoms with Crippen LogP contribution in [0.3, 0.4) is 0 Å². The van der Waals surface area contributed by atoms with Gasteiger partial charge in [0.1, 0.15) is 17.7 Å². The lowest BCUT2D eigenvalue weighted by atomic mass is 10.0. The van der Waals surface area contributed by atoms with E-state index in [4.69, 9.17) is 4.74 Å². The molecular weight excluding hydrogens is 376 g/mol. The minimum Gasteiger partial charge on any atom is -0.480 e. The smallest absolute Gasteiger partial charge is 0.408 e. The van der Waals surface area contributed by atoms with E-state index < -0.39 is 51.2 Å². The van der Waals surface area contributed by atoms with Gasteiger partial charge in [0, 0.05) is 0 Å². The van der Waals surface area contributed by atoms with Crippen LogP contribution in [0.5, 0.6) is 0 Å². The second kappa shape index (κ2) is 7.55. The minimum atomic E-state index is -3.90. The Morgan fingerprint density at radius 1 is 1.30 bits per heavy atom. The van der Waals surface area contributed by atoms with Crippen molar-refractivity contribution in [1.82, 2.24) is 10.2 Å². The minimum absolute atomic E-state index is 0.0207. The van der Waals surface area contributed by atoms with Gasteiger partial charge in [-0.15, -0.1) is 0 Å². The Bertz CT molecular complexity index is 831. The van der Waals surface area contributed by atoms with Gasteiger partial charge in [-0.05, 0) is 32.9 Å². The maximum atomic E-state index is 12.4. The van der Waals surface area contributed by atoms with Gasteiger partial charge in [0.05, 0.1) is 17.2 Å². The van der Waals surface area contributed by atoms with Gasteiger partial charge in [0.25, 0.3) is 0 Å². The summed E-state index contributed by atoms with van der Waals surface area (Å²) in [5.41, 5.74) is -0.746. The van der Waals surface area contributed by atoms with E-state index in [-0.39, 0.29) is 11.4 Å². The van der Waals surface area contributed by atoms with Crippen LogP contribution in [0.25, 0.3) is 0 Å². The number of nitrogens with one attached hydrogen (secondary N) is 1. The summed E-state index contributed by atoms with van der Waals surface area (Å²) in [5.74, 6) is -2.85. The predicted molar refractivity (Wildman–Crippen MR) is 94.8 cm³/mol. The van der Waals surface area contributed by atoms with Gasteiger partial charge < -0.3 is 20.1 Å². The molecule has 9 nitrogen and oxygen atoms in total. The van der Waals surface area contributed by atoms with Crippen molar-refractivity contribution < 1.29 is 32.6 Å². The summed E-state index contributed by atoms with van der Waals surface area (Å²) in [4.78, 5) is 36.4. The number of hydrogen-bond donors (Lipinski definition) is 2. The van der Waals surface area contributed by atoms with Crippen LogP contribution in [-0.2, 0) is 24.2 Å². The van der Waals surface area contributed by atoms with Crippen molar-refractivity contribution in [1.29, 1.82) is 0 Å². The van der Waals surface area contributed by atoms with Crippen LogP contribution in [0.2, 0.25) is 0 Å². The molecule has 2 rings (SSSR count). The molecule has 2 N–H and O–H groups in total. The van der Waals surface area contributed by atoms with Crippen molar-refractivity contribution in [3.63, 3.8) is 0 Å². The molecule has 0 radical (unpaired) electrons. The fraction of sp³-hybridized carbons (Fsp3) is 0.471. The van der Waals surface area contributed by atoms with Crippen LogP contribution in [-0.4, -0.2) is 66.4 Å². The molecule has 0 aliphatic carbocycles. The topological polar surface area (TPSA) is 130 Å². The molecule has 1 heterocycles. The molecule has 0 aromatic heterocycles. The van der Waals surface area contributed by atoms with Gasteiger partial charge in [-0.25, -0.2) is 18.0 Å². The van der Waals surface area contributed by atoms with Crippen LogP contribution in [0.1, 0.15) is 20.8 Å². The summed E-state index contributed by atoms with van der Waals surface area (Å²) >= 11 is 0. The van der Waals surface area contributed by atoms with Crippen LogP contribution in [0.15, 0.2) is 35.2 Å². The van der Waals surface area contributed by atoms with Gasteiger partial charge in [-0.2, -0.15) is 0 Å². The first-order valence-electron chi connectivity index (χ1n) is 8.21. The molecule has 0 bridgehead atoms. The van der Waals surface area contributed by atoms with Gasteiger partial charge in [-0.1, -0.05) is 18.2 Å². The normalized spacial score (nSPS) is 18.4. The first kappa shape index (κ1) is 20.7. The molecule has 0 spiro atoms. The van der Waals surface area contributed by atoms with Crippen molar-refractivity contribution in [2.24, 2.45) is 0 Å². The number of aliphatic carboxylic acids is 1. The quantitative estimate of drug-likeness (QED) is 0.673. The maximum Gasteiger partial charge on any atom is 0.408 e. The number of carbonyl (C=O) groups is 3. The van der Waals surface area contributed by atoms with E-state index in [9.17, 15) is 27.9 Å². The van der Waals surface area contributed by atoms with Crippen LogP contribution in [0.4, 0.5) is 4.79 Å². The van der Waals surface area contributed by atoms with Crippen molar-refractivity contribution in [2.45, 2.75) is 43.4 Å². The molecule has 0 saturated carbocycles. The number of sulfone groups is 1. The molecule has 148 valence electrons. The third-order valence-corrected chi connectivity index (χ3v) is 5.54. The number of alkyl carbamates (subject to hydrolysis) is 1. The lowest BCUT2D eigenvalue weighted by Gasteiger charge is -2.41. The molecule has 1 aromatic carbocycles. The largest absolute Gasteiger partial charge is 0.480 e. The highest BCUT2D eigenvalue weighted by Gasteiger charge is 2.46. The van der Waals surface area contributed by atoms with E-state index in [2.05, 4.69) is 5.32 Å². The number of likely N-dealkylation sites (tertiary alicyclic amines) is 1. The lowest BCUT2D eigenvalue weighted by molar-refractivity contribution is -0.157. The number of ether oxygens (including phenoxy) is 1. The van der Waals surface area contributed by atoms with Crippen molar-refractivity contribution in [3.8, 4) is 0 Å². The van der Waals surface area contributed by atoms with E-state index in [1.54, 1.807) is 26.8 Å². The molecule has 2 amide bonds. The summed E-state index contributed by atoms with van der Waals surface area (Å²) < 4.78 is 29.9. The predicted octanol–water partition coefficient (Wildman–Crippen LogP) is 0.649. The Balaban J connectivity index is 2.04. The molecular formula is C17H22N2O7S. The highest BCUT2D eigenvalue weighted by atomic mass is 32.2. The summed E-state index contributed by atoms with van der Waals surface area (Å²) in [6.07, 6.45) is -0.802. The highest BCUT2D eigenvalue weighted by molar-refractivity contribution is 7.91. The fourth-order valence-electron chi connectivity index (χ4n) is 2.52. The summed E-state index contributed by atoms with van der Waals surface area (Å²) in [6, 6.07) is 4.93. The molecule has 1 saturated heterocycles. The molecule has 1 aliphatic rings. The molecule has 10 heteroatoms. The fourth-order valence-corrected chi connectivity index (χ4v) is 4.02. The molecule has 1 aliphatic heterocycles. The lowest BCUT2D eigenvalue weighted by Crippen LogP contribution is -2.69. The zero-order valence-corrected chi connectivity index (χ0v) is 16.0. The molecule has 1 unspecified atom stereocenters. The number of benzene rings is 1. The van der Waals surface area contributed by atoms with E-state index in [1.165, 1.54) is 24.3 Å². The third-order valence-electron chi connectivity index (χ3n) is 3.79. The van der Waals surface area contributed by atoms with Crippen LogP contribution < -0.4 is 5.32 Å². The Hall–Kier alpha value is -2.62. The maximum absolute atomic E-state index is 12.4.